The lowest BCUT2D eigenvalue weighted by Crippen LogP contribution is -2.17. The van der Waals surface area contributed by atoms with E-state index < -0.39 is 11.9 Å². The predicted molar refractivity (Wildman–Crippen MR) is 56.7 cm³/mol. The van der Waals surface area contributed by atoms with Gasteiger partial charge in [-0.25, -0.2) is 0 Å². The second-order valence-corrected chi connectivity index (χ2v) is 4.05. The summed E-state index contributed by atoms with van der Waals surface area (Å²) in [5.74, 6) is -1.16. The van der Waals surface area contributed by atoms with Crippen molar-refractivity contribution >= 4 is 17.6 Å². The molecule has 1 aromatic carbocycles. The predicted octanol–water partition coefficient (Wildman–Crippen LogP) is 3.16. The summed E-state index contributed by atoms with van der Waals surface area (Å²) in [6, 6.07) is 6.96. The topological polar surface area (TPSA) is 37.3 Å². The number of carboxylic acids is 1. The summed E-state index contributed by atoms with van der Waals surface area (Å²) in [7, 11) is 0. The Kier molecular flexibility index (Phi) is 3.53. The molecule has 0 saturated heterocycles. The van der Waals surface area contributed by atoms with Gasteiger partial charge in [0, 0.05) is 5.02 Å². The first-order chi connectivity index (χ1) is 6.52. The van der Waals surface area contributed by atoms with Gasteiger partial charge in [-0.15, -0.1) is 0 Å². The van der Waals surface area contributed by atoms with Crippen molar-refractivity contribution < 1.29 is 9.90 Å². The zero-order valence-electron chi connectivity index (χ0n) is 8.20. The second kappa shape index (κ2) is 4.47. The van der Waals surface area contributed by atoms with Crippen molar-refractivity contribution in [2.75, 3.05) is 0 Å². The lowest BCUT2D eigenvalue weighted by Gasteiger charge is -2.16. The van der Waals surface area contributed by atoms with Gasteiger partial charge < -0.3 is 5.11 Å². The van der Waals surface area contributed by atoms with E-state index in [1.165, 1.54) is 0 Å². The number of hydrogen-bond acceptors (Lipinski definition) is 1. The maximum atomic E-state index is 11.0. The van der Waals surface area contributed by atoms with Gasteiger partial charge in [-0.3, -0.25) is 4.79 Å². The van der Waals surface area contributed by atoms with Crippen LogP contribution >= 0.6 is 11.6 Å². The molecule has 0 aliphatic rings. The molecular weight excluding hydrogens is 200 g/mol. The molecule has 0 aliphatic heterocycles. The van der Waals surface area contributed by atoms with Crippen LogP contribution in [0.2, 0.25) is 5.02 Å². The highest BCUT2D eigenvalue weighted by molar-refractivity contribution is 6.30. The van der Waals surface area contributed by atoms with Crippen LogP contribution in [0.3, 0.4) is 0 Å². The van der Waals surface area contributed by atoms with Crippen LogP contribution in [-0.2, 0) is 4.79 Å². The van der Waals surface area contributed by atoms with Crippen molar-refractivity contribution in [3.8, 4) is 0 Å². The number of rotatable bonds is 3. The van der Waals surface area contributed by atoms with Gasteiger partial charge in [0.2, 0.25) is 0 Å². The summed E-state index contributed by atoms with van der Waals surface area (Å²) in [6.45, 7) is 3.79. The van der Waals surface area contributed by atoms with Crippen LogP contribution in [0.5, 0.6) is 0 Å². The van der Waals surface area contributed by atoms with E-state index in [0.717, 1.165) is 5.56 Å². The van der Waals surface area contributed by atoms with Crippen LogP contribution in [0.1, 0.15) is 25.3 Å². The average molecular weight is 213 g/mol. The Bertz CT molecular complexity index is 317. The smallest absolute Gasteiger partial charge is 0.311 e. The lowest BCUT2D eigenvalue weighted by molar-refractivity contribution is -0.139. The SMILES string of the molecule is CC(C)[C@@H](C(=O)O)c1ccc(Cl)cc1. The fourth-order valence-electron chi connectivity index (χ4n) is 1.48. The van der Waals surface area contributed by atoms with Gasteiger partial charge in [-0.1, -0.05) is 37.6 Å². The minimum absolute atomic E-state index is 0.0775. The normalized spacial score (nSPS) is 12.9. The number of carbonyl (C=O) groups is 1. The molecule has 3 heteroatoms. The summed E-state index contributed by atoms with van der Waals surface area (Å²) in [5.41, 5.74) is 0.803. The van der Waals surface area contributed by atoms with E-state index in [2.05, 4.69) is 0 Å². The van der Waals surface area contributed by atoms with Crippen LogP contribution < -0.4 is 0 Å². The molecule has 1 atom stereocenters. The Labute approximate surface area is 88.5 Å². The Morgan fingerprint density at radius 2 is 1.79 bits per heavy atom. The molecule has 0 amide bonds. The van der Waals surface area contributed by atoms with Gasteiger partial charge in [-0.05, 0) is 23.6 Å². The zero-order valence-corrected chi connectivity index (χ0v) is 8.95. The minimum atomic E-state index is -0.790. The van der Waals surface area contributed by atoms with E-state index in [0.29, 0.717) is 5.02 Å². The van der Waals surface area contributed by atoms with Gasteiger partial charge in [0.25, 0.3) is 0 Å². The van der Waals surface area contributed by atoms with Gasteiger partial charge in [0.15, 0.2) is 0 Å². The van der Waals surface area contributed by atoms with Crippen LogP contribution in [0.15, 0.2) is 24.3 Å². The van der Waals surface area contributed by atoms with Crippen LogP contribution in [-0.4, -0.2) is 11.1 Å². The van der Waals surface area contributed by atoms with Gasteiger partial charge in [-0.2, -0.15) is 0 Å². The summed E-state index contributed by atoms with van der Waals surface area (Å²) in [4.78, 5) is 11.0. The maximum absolute atomic E-state index is 11.0. The third-order valence-corrected chi connectivity index (χ3v) is 2.41. The third kappa shape index (κ3) is 2.48. The Hall–Kier alpha value is -1.02. The fraction of sp³-hybridized carbons (Fsp3) is 0.364. The molecule has 2 nitrogen and oxygen atoms in total. The van der Waals surface area contributed by atoms with Crippen molar-refractivity contribution in [3.05, 3.63) is 34.9 Å². The molecule has 1 aromatic rings. The van der Waals surface area contributed by atoms with Crippen LogP contribution in [0.25, 0.3) is 0 Å². The summed E-state index contributed by atoms with van der Waals surface area (Å²) in [5, 5.41) is 9.66. The molecule has 76 valence electrons. The van der Waals surface area contributed by atoms with Gasteiger partial charge in [0.1, 0.15) is 0 Å². The monoisotopic (exact) mass is 212 g/mol. The van der Waals surface area contributed by atoms with E-state index in [4.69, 9.17) is 16.7 Å². The molecule has 0 saturated carbocycles. The molecule has 0 bridgehead atoms. The Balaban J connectivity index is 3.00. The molecule has 0 spiro atoms. The van der Waals surface area contributed by atoms with E-state index >= 15 is 0 Å². The molecule has 0 radical (unpaired) electrons. The molecule has 1 N–H and O–H groups in total. The molecule has 0 unspecified atom stereocenters. The first kappa shape index (κ1) is 11.1. The Morgan fingerprint density at radius 1 is 1.29 bits per heavy atom. The maximum Gasteiger partial charge on any atom is 0.311 e. The quantitative estimate of drug-likeness (QED) is 0.836. The summed E-state index contributed by atoms with van der Waals surface area (Å²) < 4.78 is 0. The number of benzene rings is 1. The fourth-order valence-corrected chi connectivity index (χ4v) is 1.61. The van der Waals surface area contributed by atoms with Gasteiger partial charge >= 0.3 is 5.97 Å². The summed E-state index contributed by atoms with van der Waals surface area (Å²) in [6.07, 6.45) is 0. The lowest BCUT2D eigenvalue weighted by atomic mass is 9.89. The summed E-state index contributed by atoms with van der Waals surface area (Å²) >= 11 is 5.73. The van der Waals surface area contributed by atoms with E-state index in [1.807, 2.05) is 13.8 Å². The van der Waals surface area contributed by atoms with Gasteiger partial charge in [0.05, 0.1) is 5.92 Å². The molecule has 0 aromatic heterocycles. The average Bonchev–Trinajstić information content (AvgIpc) is 2.07. The van der Waals surface area contributed by atoms with Crippen molar-refractivity contribution in [1.82, 2.24) is 0 Å². The van der Waals surface area contributed by atoms with E-state index in [-0.39, 0.29) is 5.92 Å². The Morgan fingerprint density at radius 3 is 2.14 bits per heavy atom. The number of carboxylic acid groups (broad SMARTS) is 1. The van der Waals surface area contributed by atoms with E-state index in [9.17, 15) is 4.79 Å². The molecule has 0 aliphatic carbocycles. The van der Waals surface area contributed by atoms with Crippen molar-refractivity contribution in [2.24, 2.45) is 5.92 Å². The van der Waals surface area contributed by atoms with E-state index in [1.54, 1.807) is 24.3 Å². The largest absolute Gasteiger partial charge is 0.481 e. The molecular formula is C11H13ClO2. The first-order valence-corrected chi connectivity index (χ1v) is 4.88. The number of aliphatic carboxylic acids is 1. The van der Waals surface area contributed by atoms with Crippen molar-refractivity contribution in [3.63, 3.8) is 0 Å². The van der Waals surface area contributed by atoms with Crippen LogP contribution in [0, 0.1) is 5.92 Å². The highest BCUT2D eigenvalue weighted by Gasteiger charge is 2.22. The zero-order chi connectivity index (χ0) is 10.7. The number of hydrogen-bond donors (Lipinski definition) is 1. The highest BCUT2D eigenvalue weighted by Crippen LogP contribution is 2.25. The minimum Gasteiger partial charge on any atom is -0.481 e. The van der Waals surface area contributed by atoms with Crippen molar-refractivity contribution in [2.45, 2.75) is 19.8 Å². The van der Waals surface area contributed by atoms with Crippen molar-refractivity contribution in [1.29, 1.82) is 0 Å². The first-order valence-electron chi connectivity index (χ1n) is 4.50. The number of halogens is 1. The molecule has 1 rings (SSSR count). The highest BCUT2D eigenvalue weighted by atomic mass is 35.5. The van der Waals surface area contributed by atoms with Crippen LogP contribution in [0.4, 0.5) is 0 Å². The molecule has 0 heterocycles. The molecule has 0 fully saturated rings. The standard InChI is InChI=1S/C11H13ClO2/c1-7(2)10(11(13)14)8-3-5-9(12)6-4-8/h3-7,10H,1-2H3,(H,13,14)/t10-/m1/s1. The third-order valence-electron chi connectivity index (χ3n) is 2.16. The molecule has 14 heavy (non-hydrogen) atoms. The second-order valence-electron chi connectivity index (χ2n) is 3.61.